The van der Waals surface area contributed by atoms with Gasteiger partial charge in [-0.25, -0.2) is 0 Å². The van der Waals surface area contributed by atoms with E-state index in [0.29, 0.717) is 0 Å². The molecule has 70 valence electrons. The van der Waals surface area contributed by atoms with Crippen LogP contribution in [0.15, 0.2) is 0 Å². The maximum absolute atomic E-state index is 11.3. The monoisotopic (exact) mass is 172 g/mol. The summed E-state index contributed by atoms with van der Waals surface area (Å²) >= 11 is 0. The van der Waals surface area contributed by atoms with Gasteiger partial charge < -0.3 is 5.11 Å². The van der Waals surface area contributed by atoms with Crippen LogP contribution in [-0.2, 0) is 9.59 Å². The van der Waals surface area contributed by atoms with Crippen LogP contribution >= 0.6 is 0 Å². The van der Waals surface area contributed by atoms with E-state index in [9.17, 15) is 9.59 Å². The fourth-order valence-corrected chi connectivity index (χ4v) is 0.672. The minimum atomic E-state index is -0.910. The number of rotatable bonds is 3. The molecule has 0 saturated carbocycles. The Morgan fingerprint density at radius 2 is 1.75 bits per heavy atom. The summed E-state index contributed by atoms with van der Waals surface area (Å²) in [6.45, 7) is 6.93. The second-order valence-corrected chi connectivity index (χ2v) is 4.12. The highest BCUT2D eigenvalue weighted by molar-refractivity contribution is 5.87. The summed E-state index contributed by atoms with van der Waals surface area (Å²) in [5, 5.41) is 8.54. The first-order valence-electron chi connectivity index (χ1n) is 4.01. The van der Waals surface area contributed by atoms with E-state index in [2.05, 4.69) is 0 Å². The van der Waals surface area contributed by atoms with Crippen LogP contribution in [0.3, 0.4) is 0 Å². The van der Waals surface area contributed by atoms with E-state index in [1.807, 2.05) is 0 Å². The highest BCUT2D eigenvalue weighted by Gasteiger charge is 2.25. The molecule has 3 heteroatoms. The molecule has 0 aromatic carbocycles. The van der Waals surface area contributed by atoms with Crippen molar-refractivity contribution in [2.45, 2.75) is 34.1 Å². The van der Waals surface area contributed by atoms with E-state index in [4.69, 9.17) is 5.11 Å². The number of carboxylic acids is 1. The Balaban J connectivity index is 4.11. The van der Waals surface area contributed by atoms with Gasteiger partial charge in [-0.05, 0) is 0 Å². The molecule has 12 heavy (non-hydrogen) atoms. The SMILES string of the molecule is C[C@@H](CC(=O)C(C)(C)C)C(=O)O. The third kappa shape index (κ3) is 3.51. The van der Waals surface area contributed by atoms with Crippen molar-refractivity contribution in [2.24, 2.45) is 11.3 Å². The molecular formula is C9H16O3. The Morgan fingerprint density at radius 1 is 1.33 bits per heavy atom. The zero-order chi connectivity index (χ0) is 9.94. The molecule has 0 aliphatic carbocycles. The van der Waals surface area contributed by atoms with E-state index in [-0.39, 0.29) is 12.2 Å². The van der Waals surface area contributed by atoms with Crippen LogP contribution in [0.1, 0.15) is 34.1 Å². The van der Waals surface area contributed by atoms with Crippen LogP contribution in [0.2, 0.25) is 0 Å². The number of carbonyl (C=O) groups excluding carboxylic acids is 1. The van der Waals surface area contributed by atoms with Gasteiger partial charge in [0.2, 0.25) is 0 Å². The standard InChI is InChI=1S/C9H16O3/c1-6(8(11)12)5-7(10)9(2,3)4/h6H,5H2,1-4H3,(H,11,12)/t6-/m0/s1. The lowest BCUT2D eigenvalue weighted by atomic mass is 9.86. The summed E-state index contributed by atoms with van der Waals surface area (Å²) in [5.74, 6) is -1.48. The summed E-state index contributed by atoms with van der Waals surface area (Å²) in [6.07, 6.45) is 0.124. The molecule has 0 unspecified atom stereocenters. The molecule has 0 heterocycles. The fraction of sp³-hybridized carbons (Fsp3) is 0.778. The van der Waals surface area contributed by atoms with Gasteiger partial charge in [-0.2, -0.15) is 0 Å². The minimum Gasteiger partial charge on any atom is -0.481 e. The molecule has 0 spiro atoms. The first-order chi connectivity index (χ1) is 5.25. The van der Waals surface area contributed by atoms with E-state index >= 15 is 0 Å². The lowest BCUT2D eigenvalue weighted by molar-refractivity contribution is -0.144. The zero-order valence-electron chi connectivity index (χ0n) is 8.05. The molecular weight excluding hydrogens is 156 g/mol. The van der Waals surface area contributed by atoms with Crippen LogP contribution in [0.5, 0.6) is 0 Å². The highest BCUT2D eigenvalue weighted by Crippen LogP contribution is 2.19. The Labute approximate surface area is 72.8 Å². The Morgan fingerprint density at radius 3 is 2.00 bits per heavy atom. The quantitative estimate of drug-likeness (QED) is 0.705. The lowest BCUT2D eigenvalue weighted by Gasteiger charge is -2.17. The predicted octanol–water partition coefficient (Wildman–Crippen LogP) is 1.71. The zero-order valence-corrected chi connectivity index (χ0v) is 8.05. The van der Waals surface area contributed by atoms with Crippen molar-refractivity contribution in [1.82, 2.24) is 0 Å². The molecule has 0 radical (unpaired) electrons. The van der Waals surface area contributed by atoms with Crippen molar-refractivity contribution >= 4 is 11.8 Å². The molecule has 0 aliphatic rings. The molecule has 0 amide bonds. The lowest BCUT2D eigenvalue weighted by Crippen LogP contribution is -2.24. The Bertz CT molecular complexity index is 188. The number of Topliss-reactive ketones (excluding diaryl/α,β-unsaturated/α-hetero) is 1. The molecule has 0 aromatic heterocycles. The summed E-state index contributed by atoms with van der Waals surface area (Å²) in [5.41, 5.74) is -0.427. The predicted molar refractivity (Wildman–Crippen MR) is 45.9 cm³/mol. The summed E-state index contributed by atoms with van der Waals surface area (Å²) in [4.78, 5) is 21.7. The van der Waals surface area contributed by atoms with E-state index in [1.165, 1.54) is 0 Å². The molecule has 1 N–H and O–H groups in total. The van der Waals surface area contributed by atoms with Gasteiger partial charge >= 0.3 is 5.97 Å². The number of carboxylic acid groups (broad SMARTS) is 1. The maximum Gasteiger partial charge on any atom is 0.306 e. The molecule has 0 aromatic rings. The van der Waals surface area contributed by atoms with Gasteiger partial charge in [0, 0.05) is 11.8 Å². The number of carbonyl (C=O) groups is 2. The summed E-state index contributed by atoms with van der Waals surface area (Å²) in [6, 6.07) is 0. The van der Waals surface area contributed by atoms with Crippen LogP contribution in [0.25, 0.3) is 0 Å². The largest absolute Gasteiger partial charge is 0.481 e. The second-order valence-electron chi connectivity index (χ2n) is 4.12. The van der Waals surface area contributed by atoms with Gasteiger partial charge in [-0.1, -0.05) is 27.7 Å². The number of hydrogen-bond donors (Lipinski definition) is 1. The normalized spacial score (nSPS) is 14.0. The molecule has 0 bridgehead atoms. The molecule has 0 saturated heterocycles. The second kappa shape index (κ2) is 3.70. The van der Waals surface area contributed by atoms with Gasteiger partial charge in [0.25, 0.3) is 0 Å². The summed E-state index contributed by atoms with van der Waals surface area (Å²) < 4.78 is 0. The van der Waals surface area contributed by atoms with Crippen molar-refractivity contribution in [2.75, 3.05) is 0 Å². The van der Waals surface area contributed by atoms with E-state index in [0.717, 1.165) is 0 Å². The van der Waals surface area contributed by atoms with Gasteiger partial charge in [-0.15, -0.1) is 0 Å². The summed E-state index contributed by atoms with van der Waals surface area (Å²) in [7, 11) is 0. The first kappa shape index (κ1) is 11.1. The minimum absolute atomic E-state index is 0.00241. The average molecular weight is 172 g/mol. The third-order valence-corrected chi connectivity index (χ3v) is 1.75. The number of ketones is 1. The van der Waals surface area contributed by atoms with Gasteiger partial charge in [-0.3, -0.25) is 9.59 Å². The van der Waals surface area contributed by atoms with Gasteiger partial charge in [0.05, 0.1) is 5.92 Å². The van der Waals surface area contributed by atoms with Crippen molar-refractivity contribution in [3.8, 4) is 0 Å². The van der Waals surface area contributed by atoms with Crippen LogP contribution < -0.4 is 0 Å². The molecule has 0 fully saturated rings. The topological polar surface area (TPSA) is 54.4 Å². The van der Waals surface area contributed by atoms with Crippen molar-refractivity contribution in [3.63, 3.8) is 0 Å². The fourth-order valence-electron chi connectivity index (χ4n) is 0.672. The number of hydrogen-bond acceptors (Lipinski definition) is 2. The average Bonchev–Trinajstić information content (AvgIpc) is 1.85. The first-order valence-corrected chi connectivity index (χ1v) is 4.01. The van der Waals surface area contributed by atoms with Crippen molar-refractivity contribution in [3.05, 3.63) is 0 Å². The maximum atomic E-state index is 11.3. The van der Waals surface area contributed by atoms with Crippen LogP contribution in [0.4, 0.5) is 0 Å². The smallest absolute Gasteiger partial charge is 0.306 e. The molecule has 0 rings (SSSR count). The highest BCUT2D eigenvalue weighted by atomic mass is 16.4. The Kier molecular flexibility index (Phi) is 3.43. The third-order valence-electron chi connectivity index (χ3n) is 1.75. The van der Waals surface area contributed by atoms with E-state index in [1.54, 1.807) is 27.7 Å². The molecule has 1 atom stereocenters. The van der Waals surface area contributed by atoms with E-state index < -0.39 is 17.3 Å². The van der Waals surface area contributed by atoms with Gasteiger partial charge in [0.15, 0.2) is 0 Å². The molecule has 3 nitrogen and oxygen atoms in total. The Hall–Kier alpha value is -0.860. The van der Waals surface area contributed by atoms with Crippen LogP contribution in [0, 0.1) is 11.3 Å². The van der Waals surface area contributed by atoms with Crippen molar-refractivity contribution < 1.29 is 14.7 Å². The van der Waals surface area contributed by atoms with Gasteiger partial charge in [0.1, 0.15) is 5.78 Å². The number of aliphatic carboxylic acids is 1. The van der Waals surface area contributed by atoms with Crippen LogP contribution in [-0.4, -0.2) is 16.9 Å². The molecule has 0 aliphatic heterocycles. The van der Waals surface area contributed by atoms with Crippen molar-refractivity contribution in [1.29, 1.82) is 0 Å².